The van der Waals surface area contributed by atoms with E-state index in [1.165, 1.54) is 22.4 Å². The number of rotatable bonds is 2. The molecule has 0 bridgehead atoms. The van der Waals surface area contributed by atoms with E-state index in [2.05, 4.69) is 63.0 Å². The van der Waals surface area contributed by atoms with Gasteiger partial charge in [0.25, 0.3) is 0 Å². The van der Waals surface area contributed by atoms with E-state index < -0.39 is 0 Å². The zero-order valence-corrected chi connectivity index (χ0v) is 14.6. The van der Waals surface area contributed by atoms with Gasteiger partial charge in [-0.3, -0.25) is 0 Å². The normalized spacial score (nSPS) is 12.6. The molecule has 0 radical (unpaired) electrons. The minimum atomic E-state index is -0.242. The van der Waals surface area contributed by atoms with Crippen LogP contribution in [0, 0.1) is 12.7 Å². The van der Waals surface area contributed by atoms with Gasteiger partial charge in [-0.05, 0) is 56.4 Å². The first kappa shape index (κ1) is 14.7. The molecular formula is C18H13Br2F. The molecule has 1 unspecified atom stereocenters. The van der Waals surface area contributed by atoms with E-state index in [0.29, 0.717) is 4.47 Å². The second kappa shape index (κ2) is 5.90. The van der Waals surface area contributed by atoms with Gasteiger partial charge in [-0.2, -0.15) is 0 Å². The molecule has 106 valence electrons. The first-order valence-electron chi connectivity index (χ1n) is 6.66. The first-order valence-corrected chi connectivity index (χ1v) is 8.36. The number of aryl methyl sites for hydroxylation is 1. The monoisotopic (exact) mass is 406 g/mol. The van der Waals surface area contributed by atoms with Crippen LogP contribution in [0.3, 0.4) is 0 Å². The Bertz CT molecular complexity index is 811. The Hall–Kier alpha value is -1.19. The summed E-state index contributed by atoms with van der Waals surface area (Å²) >= 11 is 7.08. The fourth-order valence-electron chi connectivity index (χ4n) is 2.58. The predicted octanol–water partition coefficient (Wildman–Crippen LogP) is 6.53. The van der Waals surface area contributed by atoms with E-state index in [9.17, 15) is 4.39 Å². The molecule has 0 aromatic heterocycles. The number of hydrogen-bond acceptors (Lipinski definition) is 0. The summed E-state index contributed by atoms with van der Waals surface area (Å²) in [4.78, 5) is -0.0620. The molecule has 21 heavy (non-hydrogen) atoms. The maximum atomic E-state index is 13.8. The van der Waals surface area contributed by atoms with Crippen molar-refractivity contribution >= 4 is 42.6 Å². The van der Waals surface area contributed by atoms with Crippen LogP contribution in [0.2, 0.25) is 0 Å². The number of hydrogen-bond donors (Lipinski definition) is 0. The molecule has 0 saturated heterocycles. The molecule has 0 aliphatic heterocycles. The summed E-state index contributed by atoms with van der Waals surface area (Å²) in [7, 11) is 0. The fourth-order valence-corrected chi connectivity index (χ4v) is 4.16. The van der Waals surface area contributed by atoms with E-state index in [4.69, 9.17) is 0 Å². The molecule has 3 aromatic rings. The van der Waals surface area contributed by atoms with Gasteiger partial charge in [0, 0.05) is 0 Å². The van der Waals surface area contributed by atoms with Gasteiger partial charge in [0.2, 0.25) is 0 Å². The zero-order valence-electron chi connectivity index (χ0n) is 11.4. The topological polar surface area (TPSA) is 0 Å². The smallest absolute Gasteiger partial charge is 0.137 e. The summed E-state index contributed by atoms with van der Waals surface area (Å²) in [5.41, 5.74) is 3.28. The minimum Gasteiger partial charge on any atom is -0.206 e. The third-order valence-corrected chi connectivity index (χ3v) is 5.53. The fraction of sp³-hybridized carbons (Fsp3) is 0.111. The Morgan fingerprint density at radius 2 is 1.57 bits per heavy atom. The van der Waals surface area contributed by atoms with E-state index in [1.807, 2.05) is 18.2 Å². The molecule has 0 aliphatic carbocycles. The van der Waals surface area contributed by atoms with Crippen LogP contribution in [0.25, 0.3) is 10.8 Å². The second-order valence-corrected chi connectivity index (χ2v) is 6.73. The molecule has 0 saturated carbocycles. The molecule has 3 aromatic carbocycles. The Morgan fingerprint density at radius 3 is 2.33 bits per heavy atom. The Kier molecular flexibility index (Phi) is 4.14. The van der Waals surface area contributed by atoms with Crippen molar-refractivity contribution in [1.29, 1.82) is 0 Å². The van der Waals surface area contributed by atoms with Crippen molar-refractivity contribution in [3.05, 3.63) is 81.6 Å². The van der Waals surface area contributed by atoms with Gasteiger partial charge in [-0.1, -0.05) is 64.5 Å². The van der Waals surface area contributed by atoms with Crippen molar-refractivity contribution in [3.8, 4) is 0 Å². The van der Waals surface area contributed by atoms with Gasteiger partial charge < -0.3 is 0 Å². The van der Waals surface area contributed by atoms with Crippen LogP contribution in [-0.2, 0) is 0 Å². The van der Waals surface area contributed by atoms with Gasteiger partial charge in [0.05, 0.1) is 9.30 Å². The largest absolute Gasteiger partial charge is 0.206 e. The van der Waals surface area contributed by atoms with Crippen molar-refractivity contribution < 1.29 is 4.39 Å². The molecule has 3 heteroatoms. The molecule has 0 heterocycles. The number of benzene rings is 3. The summed E-state index contributed by atoms with van der Waals surface area (Å²) in [6.45, 7) is 2.10. The van der Waals surface area contributed by atoms with Gasteiger partial charge >= 0.3 is 0 Å². The lowest BCUT2D eigenvalue weighted by atomic mass is 9.96. The summed E-state index contributed by atoms with van der Waals surface area (Å²) in [6, 6.07) is 17.6. The summed E-state index contributed by atoms with van der Waals surface area (Å²) in [5, 5.41) is 2.42. The molecular weight excluding hydrogens is 395 g/mol. The lowest BCUT2D eigenvalue weighted by Crippen LogP contribution is -1.97. The highest BCUT2D eigenvalue weighted by atomic mass is 79.9. The Balaban J connectivity index is 2.21. The third-order valence-electron chi connectivity index (χ3n) is 3.70. The average molecular weight is 408 g/mol. The van der Waals surface area contributed by atoms with Crippen molar-refractivity contribution in [2.45, 2.75) is 11.8 Å². The third kappa shape index (κ3) is 2.65. The second-order valence-electron chi connectivity index (χ2n) is 5.02. The predicted molar refractivity (Wildman–Crippen MR) is 93.6 cm³/mol. The van der Waals surface area contributed by atoms with Gasteiger partial charge in [0.1, 0.15) is 5.82 Å². The summed E-state index contributed by atoms with van der Waals surface area (Å²) in [5.74, 6) is -0.242. The lowest BCUT2D eigenvalue weighted by molar-refractivity contribution is 0.619. The van der Waals surface area contributed by atoms with Crippen LogP contribution < -0.4 is 0 Å². The molecule has 1 atom stereocenters. The van der Waals surface area contributed by atoms with Gasteiger partial charge in [-0.15, -0.1) is 0 Å². The van der Waals surface area contributed by atoms with Crippen LogP contribution in [0.5, 0.6) is 0 Å². The Labute approximate surface area is 140 Å². The van der Waals surface area contributed by atoms with Gasteiger partial charge in [-0.25, -0.2) is 4.39 Å². The Morgan fingerprint density at radius 1 is 0.857 bits per heavy atom. The molecule has 3 rings (SSSR count). The van der Waals surface area contributed by atoms with Gasteiger partial charge in [0.15, 0.2) is 0 Å². The zero-order chi connectivity index (χ0) is 15.0. The molecule has 0 amide bonds. The standard InChI is InChI=1S/C18H13Br2F/c1-11-9-10-14(13-6-3-2-5-12(11)13)17(19)15-7-4-8-16(21)18(15)20/h2-10,17H,1H3. The van der Waals surface area contributed by atoms with E-state index in [-0.39, 0.29) is 10.6 Å². The SMILES string of the molecule is Cc1ccc(C(Br)c2cccc(F)c2Br)c2ccccc12. The molecule has 0 fully saturated rings. The van der Waals surface area contributed by atoms with E-state index in [0.717, 1.165) is 11.1 Å². The van der Waals surface area contributed by atoms with Crippen molar-refractivity contribution in [2.24, 2.45) is 0 Å². The van der Waals surface area contributed by atoms with Crippen LogP contribution in [0.15, 0.2) is 59.1 Å². The summed E-state index contributed by atoms with van der Waals surface area (Å²) < 4.78 is 14.3. The van der Waals surface area contributed by atoms with Crippen molar-refractivity contribution in [3.63, 3.8) is 0 Å². The van der Waals surface area contributed by atoms with Crippen molar-refractivity contribution in [2.75, 3.05) is 0 Å². The molecule has 0 nitrogen and oxygen atoms in total. The van der Waals surface area contributed by atoms with Crippen LogP contribution in [0.1, 0.15) is 21.5 Å². The van der Waals surface area contributed by atoms with Crippen LogP contribution in [-0.4, -0.2) is 0 Å². The molecule has 0 spiro atoms. The highest BCUT2D eigenvalue weighted by Gasteiger charge is 2.18. The highest BCUT2D eigenvalue weighted by molar-refractivity contribution is 9.11. The molecule has 0 aliphatic rings. The first-order chi connectivity index (χ1) is 10.1. The van der Waals surface area contributed by atoms with E-state index in [1.54, 1.807) is 6.07 Å². The number of alkyl halides is 1. The number of halogens is 3. The lowest BCUT2D eigenvalue weighted by Gasteiger charge is -2.16. The molecule has 0 N–H and O–H groups in total. The number of fused-ring (bicyclic) bond motifs is 1. The quantitative estimate of drug-likeness (QED) is 0.423. The summed E-state index contributed by atoms with van der Waals surface area (Å²) in [6.07, 6.45) is 0. The van der Waals surface area contributed by atoms with Crippen LogP contribution in [0.4, 0.5) is 4.39 Å². The maximum absolute atomic E-state index is 13.8. The van der Waals surface area contributed by atoms with Crippen LogP contribution >= 0.6 is 31.9 Å². The highest BCUT2D eigenvalue weighted by Crippen LogP contribution is 2.39. The van der Waals surface area contributed by atoms with E-state index >= 15 is 0 Å². The minimum absolute atomic E-state index is 0.0620. The maximum Gasteiger partial charge on any atom is 0.137 e. The van der Waals surface area contributed by atoms with Crippen molar-refractivity contribution in [1.82, 2.24) is 0 Å². The average Bonchev–Trinajstić information content (AvgIpc) is 2.50.